The molecule has 142 valence electrons. The second kappa shape index (κ2) is 6.79. The largest absolute Gasteiger partial charge is 0.336 e. The molecule has 1 aromatic heterocycles. The number of rotatable bonds is 3. The van der Waals surface area contributed by atoms with Crippen LogP contribution in [0.3, 0.4) is 0 Å². The highest BCUT2D eigenvalue weighted by molar-refractivity contribution is 5.76. The van der Waals surface area contributed by atoms with Crippen LogP contribution in [0.25, 0.3) is 0 Å². The van der Waals surface area contributed by atoms with Crippen LogP contribution in [-0.4, -0.2) is 57.2 Å². The van der Waals surface area contributed by atoms with Crippen LogP contribution < -0.4 is 0 Å². The fourth-order valence-electron chi connectivity index (χ4n) is 5.30. The van der Waals surface area contributed by atoms with Crippen molar-refractivity contribution in [2.75, 3.05) is 19.6 Å². The standard InChI is InChI=1S/C22H28N4O/c1-16-8-9-23-26(16)15-22(27)25-13-17-6-7-20(25)14-24(12-17)21-10-18-4-2-3-5-19(18)11-21/h2-5,8-9,17,20-21H,6-7,10-15H2,1H3/t17-,20+/m0/s1. The summed E-state index contributed by atoms with van der Waals surface area (Å²) in [5, 5.41) is 4.30. The van der Waals surface area contributed by atoms with Crippen LogP contribution in [-0.2, 0) is 24.2 Å². The highest BCUT2D eigenvalue weighted by Crippen LogP contribution is 2.33. The maximum absolute atomic E-state index is 13.0. The minimum Gasteiger partial charge on any atom is -0.336 e. The zero-order chi connectivity index (χ0) is 18.4. The van der Waals surface area contributed by atoms with Gasteiger partial charge in [0.25, 0.3) is 0 Å². The highest BCUT2D eigenvalue weighted by atomic mass is 16.2. The molecule has 2 aromatic rings. The predicted octanol–water partition coefficient (Wildman–Crippen LogP) is 2.28. The fraction of sp³-hybridized carbons (Fsp3) is 0.545. The molecule has 0 saturated carbocycles. The molecule has 0 N–H and O–H groups in total. The molecule has 3 fully saturated rings. The zero-order valence-electron chi connectivity index (χ0n) is 16.1. The summed E-state index contributed by atoms with van der Waals surface area (Å²) in [5.74, 6) is 0.836. The van der Waals surface area contributed by atoms with Crippen LogP contribution in [0, 0.1) is 12.8 Å². The van der Waals surface area contributed by atoms with E-state index in [0.29, 0.717) is 24.5 Å². The van der Waals surface area contributed by atoms with E-state index in [1.54, 1.807) is 6.20 Å². The third-order valence-electron chi connectivity index (χ3n) is 6.82. The molecular weight excluding hydrogens is 336 g/mol. The molecule has 5 heteroatoms. The Labute approximate surface area is 161 Å². The van der Waals surface area contributed by atoms with Gasteiger partial charge >= 0.3 is 0 Å². The van der Waals surface area contributed by atoms with Gasteiger partial charge in [0.1, 0.15) is 6.54 Å². The van der Waals surface area contributed by atoms with Gasteiger partial charge in [-0.15, -0.1) is 0 Å². The molecule has 27 heavy (non-hydrogen) atoms. The van der Waals surface area contributed by atoms with Gasteiger partial charge in [-0.2, -0.15) is 5.10 Å². The van der Waals surface area contributed by atoms with E-state index < -0.39 is 0 Å². The lowest BCUT2D eigenvalue weighted by Gasteiger charge is -2.36. The molecule has 0 unspecified atom stereocenters. The highest BCUT2D eigenvalue weighted by Gasteiger charge is 2.40. The summed E-state index contributed by atoms with van der Waals surface area (Å²) in [7, 11) is 0. The second-order valence-corrected chi connectivity index (χ2v) is 8.56. The fourth-order valence-corrected chi connectivity index (χ4v) is 5.30. The lowest BCUT2D eigenvalue weighted by Crippen LogP contribution is -2.49. The molecule has 3 saturated heterocycles. The number of carbonyl (C=O) groups is 1. The van der Waals surface area contributed by atoms with Crippen LogP contribution in [0.15, 0.2) is 36.5 Å². The quantitative estimate of drug-likeness (QED) is 0.839. The smallest absolute Gasteiger partial charge is 0.244 e. The Bertz CT molecular complexity index is 819. The van der Waals surface area contributed by atoms with E-state index in [-0.39, 0.29) is 5.91 Å². The topological polar surface area (TPSA) is 41.4 Å². The average molecular weight is 364 g/mol. The summed E-state index contributed by atoms with van der Waals surface area (Å²) in [6.45, 7) is 5.46. The van der Waals surface area contributed by atoms with Gasteiger partial charge in [0, 0.05) is 43.6 Å². The Balaban J connectivity index is 1.29. The minimum absolute atomic E-state index is 0.230. The monoisotopic (exact) mass is 364 g/mol. The van der Waals surface area contributed by atoms with E-state index in [9.17, 15) is 4.79 Å². The maximum atomic E-state index is 13.0. The lowest BCUT2D eigenvalue weighted by atomic mass is 9.95. The van der Waals surface area contributed by atoms with Crippen LogP contribution in [0.2, 0.25) is 0 Å². The van der Waals surface area contributed by atoms with Crippen molar-refractivity contribution in [3.8, 4) is 0 Å². The molecule has 4 aliphatic rings. The molecule has 3 aliphatic heterocycles. The summed E-state index contributed by atoms with van der Waals surface area (Å²) in [5.41, 5.74) is 4.08. The Morgan fingerprint density at radius 3 is 2.52 bits per heavy atom. The van der Waals surface area contributed by atoms with Crippen LogP contribution >= 0.6 is 0 Å². The van der Waals surface area contributed by atoms with Gasteiger partial charge < -0.3 is 4.90 Å². The van der Waals surface area contributed by atoms with E-state index in [4.69, 9.17) is 0 Å². The number of nitrogens with zero attached hydrogens (tertiary/aromatic N) is 4. The minimum atomic E-state index is 0.230. The first-order chi connectivity index (χ1) is 13.2. The SMILES string of the molecule is Cc1ccnn1CC(=O)N1C[C@H]2CC[C@@H]1CN(C1Cc3ccccc3C1)C2. The van der Waals surface area contributed by atoms with Gasteiger partial charge in [0.05, 0.1) is 0 Å². The molecule has 2 bridgehead atoms. The summed E-state index contributed by atoms with van der Waals surface area (Å²) < 4.78 is 1.83. The maximum Gasteiger partial charge on any atom is 0.244 e. The molecule has 0 radical (unpaired) electrons. The van der Waals surface area contributed by atoms with Crippen LogP contribution in [0.5, 0.6) is 0 Å². The number of benzene rings is 1. The first-order valence-electron chi connectivity index (χ1n) is 10.3. The lowest BCUT2D eigenvalue weighted by molar-refractivity contribution is -0.136. The van der Waals surface area contributed by atoms with Gasteiger partial charge in [0.2, 0.25) is 5.91 Å². The number of aryl methyl sites for hydroxylation is 1. The third-order valence-corrected chi connectivity index (χ3v) is 6.82. The van der Waals surface area contributed by atoms with Crippen molar-refractivity contribution in [2.24, 2.45) is 5.92 Å². The Morgan fingerprint density at radius 2 is 1.81 bits per heavy atom. The summed E-state index contributed by atoms with van der Waals surface area (Å²) >= 11 is 0. The zero-order valence-corrected chi connectivity index (χ0v) is 16.1. The van der Waals surface area contributed by atoms with E-state index in [1.165, 1.54) is 17.5 Å². The van der Waals surface area contributed by atoms with Crippen molar-refractivity contribution in [3.05, 3.63) is 53.3 Å². The average Bonchev–Trinajstić information content (AvgIpc) is 3.16. The van der Waals surface area contributed by atoms with Gasteiger partial charge in [-0.1, -0.05) is 24.3 Å². The van der Waals surface area contributed by atoms with Crippen molar-refractivity contribution in [1.29, 1.82) is 0 Å². The summed E-state index contributed by atoms with van der Waals surface area (Å²) in [6.07, 6.45) is 6.50. The number of hydrogen-bond donors (Lipinski definition) is 0. The number of piperidine rings is 1. The van der Waals surface area contributed by atoms with Crippen molar-refractivity contribution in [2.45, 2.75) is 51.2 Å². The van der Waals surface area contributed by atoms with Crippen molar-refractivity contribution < 1.29 is 4.79 Å². The van der Waals surface area contributed by atoms with E-state index in [1.807, 2.05) is 17.7 Å². The summed E-state index contributed by atoms with van der Waals surface area (Å²) in [6, 6.07) is 11.8. The Hall–Kier alpha value is -2.14. The third kappa shape index (κ3) is 3.18. The number of amides is 1. The summed E-state index contributed by atoms with van der Waals surface area (Å²) in [4.78, 5) is 17.9. The van der Waals surface area contributed by atoms with Crippen molar-refractivity contribution in [3.63, 3.8) is 0 Å². The van der Waals surface area contributed by atoms with E-state index in [2.05, 4.69) is 39.2 Å². The van der Waals surface area contributed by atoms with Gasteiger partial charge in [0.15, 0.2) is 0 Å². The molecule has 0 spiro atoms. The second-order valence-electron chi connectivity index (χ2n) is 8.56. The first-order valence-corrected chi connectivity index (χ1v) is 10.3. The van der Waals surface area contributed by atoms with Crippen LogP contribution in [0.1, 0.15) is 29.7 Å². The molecule has 6 rings (SSSR count). The molecule has 2 atom stereocenters. The first kappa shape index (κ1) is 17.0. The van der Waals surface area contributed by atoms with Gasteiger partial charge in [-0.25, -0.2) is 0 Å². The van der Waals surface area contributed by atoms with Crippen molar-refractivity contribution in [1.82, 2.24) is 19.6 Å². The molecule has 5 nitrogen and oxygen atoms in total. The normalized spacial score (nSPS) is 25.6. The number of fused-ring (bicyclic) bond motifs is 5. The van der Waals surface area contributed by atoms with Crippen LogP contribution in [0.4, 0.5) is 0 Å². The number of aromatic nitrogens is 2. The van der Waals surface area contributed by atoms with E-state index >= 15 is 0 Å². The Morgan fingerprint density at radius 1 is 1.04 bits per heavy atom. The van der Waals surface area contributed by atoms with Gasteiger partial charge in [-0.3, -0.25) is 14.4 Å². The molecular formula is C22H28N4O. The predicted molar refractivity (Wildman–Crippen MR) is 104 cm³/mol. The molecule has 4 heterocycles. The molecule has 1 aliphatic carbocycles. The van der Waals surface area contributed by atoms with Gasteiger partial charge in [-0.05, 0) is 55.7 Å². The number of carbonyl (C=O) groups excluding carboxylic acids is 1. The van der Waals surface area contributed by atoms with E-state index in [0.717, 1.165) is 44.6 Å². The Kier molecular flexibility index (Phi) is 4.27. The number of hydrogen-bond acceptors (Lipinski definition) is 3. The van der Waals surface area contributed by atoms with Crippen molar-refractivity contribution >= 4 is 5.91 Å². The molecule has 1 amide bonds. The molecule has 1 aromatic carbocycles.